The molecule has 0 radical (unpaired) electrons. The van der Waals surface area contributed by atoms with Crippen LogP contribution in [0.4, 0.5) is 0 Å². The van der Waals surface area contributed by atoms with E-state index in [1.807, 2.05) is 0 Å². The van der Waals surface area contributed by atoms with Gasteiger partial charge in [-0.05, 0) is 48.9 Å². The van der Waals surface area contributed by atoms with Gasteiger partial charge in [-0.15, -0.1) is 0 Å². The molecule has 0 aromatic carbocycles. The predicted molar refractivity (Wildman–Crippen MR) is 57.7 cm³/mol. The Kier molecular flexibility index (Phi) is 2.20. The van der Waals surface area contributed by atoms with Gasteiger partial charge in [0.05, 0.1) is 0 Å². The Bertz CT molecular complexity index is 179. The smallest absolute Gasteiger partial charge is 0.0295 e. The highest BCUT2D eigenvalue weighted by molar-refractivity contribution is 4.95. The molecule has 0 N–H and O–H groups in total. The Labute approximate surface area is 83.1 Å². The van der Waals surface area contributed by atoms with Crippen LogP contribution < -0.4 is 0 Å². The standard InChI is InChI=1S/C13H24/c1-12(2,3)11-6-9-13(10-11)7-4-5-8-13/h11H,4-10H2,1-3H3/t11-/m0/s1. The summed E-state index contributed by atoms with van der Waals surface area (Å²) in [5.74, 6) is 1.01. The first-order valence-electron chi connectivity index (χ1n) is 6.02. The van der Waals surface area contributed by atoms with Gasteiger partial charge in [-0.25, -0.2) is 0 Å². The van der Waals surface area contributed by atoms with Crippen molar-refractivity contribution in [2.45, 2.75) is 65.7 Å². The molecule has 0 aliphatic heterocycles. The van der Waals surface area contributed by atoms with E-state index < -0.39 is 0 Å². The molecule has 2 aliphatic rings. The quantitative estimate of drug-likeness (QED) is 0.518. The Hall–Kier alpha value is 0. The van der Waals surface area contributed by atoms with E-state index in [0.29, 0.717) is 5.41 Å². The summed E-state index contributed by atoms with van der Waals surface area (Å²) in [7, 11) is 0. The molecule has 0 aromatic heterocycles. The van der Waals surface area contributed by atoms with Crippen LogP contribution in [-0.2, 0) is 0 Å². The Morgan fingerprint density at radius 3 is 2.08 bits per heavy atom. The van der Waals surface area contributed by atoms with Gasteiger partial charge in [-0.1, -0.05) is 33.6 Å². The monoisotopic (exact) mass is 180 g/mol. The van der Waals surface area contributed by atoms with Gasteiger partial charge >= 0.3 is 0 Å². The van der Waals surface area contributed by atoms with Crippen molar-refractivity contribution in [3.8, 4) is 0 Å². The molecule has 0 aromatic rings. The average Bonchev–Trinajstić information content (AvgIpc) is 2.60. The summed E-state index contributed by atoms with van der Waals surface area (Å²) in [5.41, 5.74) is 1.38. The van der Waals surface area contributed by atoms with E-state index >= 15 is 0 Å². The summed E-state index contributed by atoms with van der Waals surface area (Å²) >= 11 is 0. The molecule has 0 heteroatoms. The number of hydrogen-bond donors (Lipinski definition) is 0. The van der Waals surface area contributed by atoms with E-state index in [2.05, 4.69) is 20.8 Å². The van der Waals surface area contributed by atoms with E-state index in [1.165, 1.54) is 32.1 Å². The topological polar surface area (TPSA) is 0 Å². The van der Waals surface area contributed by atoms with E-state index in [9.17, 15) is 0 Å². The van der Waals surface area contributed by atoms with Crippen molar-refractivity contribution < 1.29 is 0 Å². The summed E-state index contributed by atoms with van der Waals surface area (Å²) in [4.78, 5) is 0. The first kappa shape index (κ1) is 9.55. The highest BCUT2D eigenvalue weighted by Gasteiger charge is 2.44. The van der Waals surface area contributed by atoms with Crippen LogP contribution in [0.5, 0.6) is 0 Å². The third-order valence-corrected chi connectivity index (χ3v) is 4.59. The minimum absolute atomic E-state index is 0.562. The molecule has 0 unspecified atom stereocenters. The van der Waals surface area contributed by atoms with Crippen LogP contribution in [0.25, 0.3) is 0 Å². The first-order chi connectivity index (χ1) is 6.02. The van der Waals surface area contributed by atoms with Gasteiger partial charge in [-0.2, -0.15) is 0 Å². The number of hydrogen-bond acceptors (Lipinski definition) is 0. The van der Waals surface area contributed by atoms with Crippen LogP contribution in [0.3, 0.4) is 0 Å². The van der Waals surface area contributed by atoms with E-state index in [4.69, 9.17) is 0 Å². The molecule has 2 saturated carbocycles. The summed E-state index contributed by atoms with van der Waals surface area (Å²) in [6.45, 7) is 7.27. The van der Waals surface area contributed by atoms with Crippen molar-refractivity contribution >= 4 is 0 Å². The van der Waals surface area contributed by atoms with Crippen LogP contribution in [-0.4, -0.2) is 0 Å². The van der Waals surface area contributed by atoms with Crippen LogP contribution in [0.2, 0.25) is 0 Å². The Morgan fingerprint density at radius 1 is 1.00 bits per heavy atom. The zero-order valence-corrected chi connectivity index (χ0v) is 9.53. The second-order valence-electron chi connectivity index (χ2n) is 6.51. The normalized spacial score (nSPS) is 33.0. The van der Waals surface area contributed by atoms with Crippen molar-refractivity contribution in [3.63, 3.8) is 0 Å². The Balaban J connectivity index is 2.01. The minimum atomic E-state index is 0.562. The third-order valence-electron chi connectivity index (χ3n) is 4.59. The molecule has 0 nitrogen and oxygen atoms in total. The highest BCUT2D eigenvalue weighted by Crippen LogP contribution is 2.56. The maximum atomic E-state index is 2.42. The lowest BCUT2D eigenvalue weighted by Crippen LogP contribution is -2.20. The van der Waals surface area contributed by atoms with Crippen LogP contribution in [0.15, 0.2) is 0 Å². The van der Waals surface area contributed by atoms with Crippen molar-refractivity contribution in [2.75, 3.05) is 0 Å². The largest absolute Gasteiger partial charge is 0.0599 e. The predicted octanol–water partition coefficient (Wildman–Crippen LogP) is 4.39. The summed E-state index contributed by atoms with van der Waals surface area (Å²) < 4.78 is 0. The lowest BCUT2D eigenvalue weighted by atomic mass is 9.76. The van der Waals surface area contributed by atoms with Crippen molar-refractivity contribution in [2.24, 2.45) is 16.7 Å². The van der Waals surface area contributed by atoms with Crippen molar-refractivity contribution in [1.29, 1.82) is 0 Å². The maximum absolute atomic E-state index is 2.42. The zero-order valence-electron chi connectivity index (χ0n) is 9.53. The van der Waals surface area contributed by atoms with Gasteiger partial charge in [0.15, 0.2) is 0 Å². The first-order valence-corrected chi connectivity index (χ1v) is 6.02. The average molecular weight is 180 g/mol. The molecule has 1 atom stereocenters. The molecule has 1 spiro atoms. The second-order valence-corrected chi connectivity index (χ2v) is 6.51. The van der Waals surface area contributed by atoms with Crippen molar-refractivity contribution in [3.05, 3.63) is 0 Å². The summed E-state index contributed by atoms with van der Waals surface area (Å²) in [6.07, 6.45) is 10.7. The molecule has 0 heterocycles. The summed E-state index contributed by atoms with van der Waals surface area (Å²) in [5, 5.41) is 0. The molecule has 76 valence electrons. The molecule has 2 aliphatic carbocycles. The fourth-order valence-electron chi connectivity index (χ4n) is 3.53. The summed E-state index contributed by atoms with van der Waals surface area (Å²) in [6, 6.07) is 0. The fourth-order valence-corrected chi connectivity index (χ4v) is 3.53. The lowest BCUT2D eigenvalue weighted by Gasteiger charge is -2.29. The highest BCUT2D eigenvalue weighted by atomic mass is 14.5. The van der Waals surface area contributed by atoms with Gasteiger partial charge in [0, 0.05) is 0 Å². The second kappa shape index (κ2) is 3.00. The van der Waals surface area contributed by atoms with Gasteiger partial charge in [0.1, 0.15) is 0 Å². The van der Waals surface area contributed by atoms with E-state index in [-0.39, 0.29) is 0 Å². The lowest BCUT2D eigenvalue weighted by molar-refractivity contribution is 0.209. The van der Waals surface area contributed by atoms with Gasteiger partial charge in [-0.3, -0.25) is 0 Å². The van der Waals surface area contributed by atoms with Crippen molar-refractivity contribution in [1.82, 2.24) is 0 Å². The molecule has 0 amide bonds. The molecule has 2 fully saturated rings. The molecule has 2 rings (SSSR count). The van der Waals surface area contributed by atoms with E-state index in [1.54, 1.807) is 12.8 Å². The molecular weight excluding hydrogens is 156 g/mol. The van der Waals surface area contributed by atoms with Gasteiger partial charge < -0.3 is 0 Å². The van der Waals surface area contributed by atoms with Gasteiger partial charge in [0.25, 0.3) is 0 Å². The fraction of sp³-hybridized carbons (Fsp3) is 1.00. The van der Waals surface area contributed by atoms with Crippen LogP contribution >= 0.6 is 0 Å². The molecule has 0 saturated heterocycles. The molecular formula is C13H24. The van der Waals surface area contributed by atoms with Gasteiger partial charge in [0.2, 0.25) is 0 Å². The van der Waals surface area contributed by atoms with E-state index in [0.717, 1.165) is 11.3 Å². The van der Waals surface area contributed by atoms with Crippen LogP contribution in [0, 0.1) is 16.7 Å². The number of rotatable bonds is 0. The van der Waals surface area contributed by atoms with Crippen LogP contribution in [0.1, 0.15) is 65.7 Å². The molecule has 13 heavy (non-hydrogen) atoms. The Morgan fingerprint density at radius 2 is 1.62 bits per heavy atom. The third kappa shape index (κ3) is 1.78. The minimum Gasteiger partial charge on any atom is -0.0599 e. The zero-order chi connectivity index (χ0) is 9.53. The maximum Gasteiger partial charge on any atom is -0.0295 e. The molecule has 0 bridgehead atoms. The SMILES string of the molecule is CC(C)(C)[C@H]1CCC2(CCCC2)C1.